The summed E-state index contributed by atoms with van der Waals surface area (Å²) in [6, 6.07) is -0.250. The maximum Gasteiger partial charge on any atom is 0.214 e. The third-order valence-corrected chi connectivity index (χ3v) is 4.69. The second-order valence-corrected chi connectivity index (χ2v) is 6.17. The molecule has 1 aliphatic rings. The van der Waals surface area contributed by atoms with Crippen molar-refractivity contribution in [1.29, 1.82) is 0 Å². The van der Waals surface area contributed by atoms with Crippen LogP contribution in [0.15, 0.2) is 0 Å². The fourth-order valence-corrected chi connectivity index (χ4v) is 3.75. The van der Waals surface area contributed by atoms with E-state index in [1.807, 2.05) is 13.8 Å². The molecule has 5 heteroatoms. The van der Waals surface area contributed by atoms with E-state index in [2.05, 4.69) is 0 Å². The number of aliphatic hydroxyl groups excluding tert-OH is 1. The van der Waals surface area contributed by atoms with Gasteiger partial charge in [0.2, 0.25) is 10.0 Å². The molecule has 0 aromatic heterocycles. The number of aliphatic hydroxyl groups is 1. The van der Waals surface area contributed by atoms with E-state index >= 15 is 0 Å². The van der Waals surface area contributed by atoms with Gasteiger partial charge in [0.05, 0.1) is 18.4 Å². The Morgan fingerprint density at radius 1 is 1.36 bits per heavy atom. The van der Waals surface area contributed by atoms with Crippen LogP contribution < -0.4 is 0 Å². The minimum atomic E-state index is -3.11. The SMILES string of the molecule is CC(C)C(CO)N1CCCCS1(=O)=O. The lowest BCUT2D eigenvalue weighted by atomic mass is 10.1. The average molecular weight is 221 g/mol. The Morgan fingerprint density at radius 2 is 2.00 bits per heavy atom. The molecule has 1 aliphatic heterocycles. The molecule has 84 valence electrons. The standard InChI is InChI=1S/C9H19NO3S/c1-8(2)9(7-11)10-5-3-4-6-14(10,12)13/h8-9,11H,3-7H2,1-2H3. The van der Waals surface area contributed by atoms with E-state index in [9.17, 15) is 13.5 Å². The highest BCUT2D eigenvalue weighted by molar-refractivity contribution is 7.89. The highest BCUT2D eigenvalue weighted by Crippen LogP contribution is 2.20. The zero-order valence-electron chi connectivity index (χ0n) is 8.81. The van der Waals surface area contributed by atoms with Crippen molar-refractivity contribution in [3.63, 3.8) is 0 Å². The summed E-state index contributed by atoms with van der Waals surface area (Å²) in [5.74, 6) is 0.392. The van der Waals surface area contributed by atoms with Crippen LogP contribution in [0.3, 0.4) is 0 Å². The van der Waals surface area contributed by atoms with Crippen molar-refractivity contribution in [3.8, 4) is 0 Å². The van der Waals surface area contributed by atoms with Crippen LogP contribution in [-0.2, 0) is 10.0 Å². The van der Waals surface area contributed by atoms with Gasteiger partial charge in [0, 0.05) is 6.54 Å². The first-order chi connectivity index (χ1) is 6.49. The fourth-order valence-electron chi connectivity index (χ4n) is 1.81. The van der Waals surface area contributed by atoms with E-state index in [-0.39, 0.29) is 24.3 Å². The van der Waals surface area contributed by atoms with Crippen molar-refractivity contribution in [1.82, 2.24) is 4.31 Å². The molecule has 0 amide bonds. The molecule has 14 heavy (non-hydrogen) atoms. The Balaban J connectivity index is 2.82. The summed E-state index contributed by atoms with van der Waals surface area (Å²) in [5, 5.41) is 9.17. The van der Waals surface area contributed by atoms with E-state index in [4.69, 9.17) is 0 Å². The van der Waals surface area contributed by atoms with Crippen molar-refractivity contribution in [2.45, 2.75) is 32.7 Å². The van der Waals surface area contributed by atoms with Crippen LogP contribution in [0.1, 0.15) is 26.7 Å². The number of hydrogen-bond acceptors (Lipinski definition) is 3. The van der Waals surface area contributed by atoms with Gasteiger partial charge in [-0.1, -0.05) is 13.8 Å². The van der Waals surface area contributed by atoms with Crippen molar-refractivity contribution < 1.29 is 13.5 Å². The molecule has 0 aromatic rings. The van der Waals surface area contributed by atoms with Gasteiger partial charge in [-0.3, -0.25) is 0 Å². The monoisotopic (exact) mass is 221 g/mol. The van der Waals surface area contributed by atoms with Crippen LogP contribution in [-0.4, -0.2) is 42.8 Å². The topological polar surface area (TPSA) is 57.6 Å². The van der Waals surface area contributed by atoms with E-state index in [1.165, 1.54) is 4.31 Å². The Hall–Kier alpha value is -0.130. The first kappa shape index (κ1) is 11.9. The van der Waals surface area contributed by atoms with Gasteiger partial charge < -0.3 is 5.11 Å². The van der Waals surface area contributed by atoms with Gasteiger partial charge in [-0.2, -0.15) is 4.31 Å². The van der Waals surface area contributed by atoms with Crippen molar-refractivity contribution in [2.24, 2.45) is 5.92 Å². The van der Waals surface area contributed by atoms with E-state index < -0.39 is 10.0 Å². The minimum Gasteiger partial charge on any atom is -0.395 e. The molecule has 0 aromatic carbocycles. The number of rotatable bonds is 3. The normalized spacial score (nSPS) is 25.1. The van der Waals surface area contributed by atoms with Crippen LogP contribution in [0, 0.1) is 5.92 Å². The smallest absolute Gasteiger partial charge is 0.214 e. The Morgan fingerprint density at radius 3 is 2.43 bits per heavy atom. The average Bonchev–Trinajstić information content (AvgIpc) is 2.08. The van der Waals surface area contributed by atoms with Crippen LogP contribution in [0.25, 0.3) is 0 Å². The quantitative estimate of drug-likeness (QED) is 0.752. The first-order valence-corrected chi connectivity index (χ1v) is 6.70. The molecule has 1 heterocycles. The number of sulfonamides is 1. The third kappa shape index (κ3) is 2.46. The van der Waals surface area contributed by atoms with Crippen LogP contribution in [0.5, 0.6) is 0 Å². The summed E-state index contributed by atoms with van der Waals surface area (Å²) in [6.45, 7) is 4.35. The van der Waals surface area contributed by atoms with Crippen LogP contribution >= 0.6 is 0 Å². The summed E-state index contributed by atoms with van der Waals surface area (Å²) >= 11 is 0. The van der Waals surface area contributed by atoms with Gasteiger partial charge in [0.1, 0.15) is 0 Å². The van der Waals surface area contributed by atoms with E-state index in [0.29, 0.717) is 6.54 Å². The summed E-state index contributed by atoms with van der Waals surface area (Å²) in [4.78, 5) is 0. The molecule has 1 atom stereocenters. The maximum atomic E-state index is 11.7. The van der Waals surface area contributed by atoms with E-state index in [0.717, 1.165) is 12.8 Å². The van der Waals surface area contributed by atoms with Gasteiger partial charge in [-0.05, 0) is 18.8 Å². The zero-order chi connectivity index (χ0) is 10.8. The van der Waals surface area contributed by atoms with E-state index in [1.54, 1.807) is 0 Å². The summed E-state index contributed by atoms with van der Waals surface area (Å²) in [6.07, 6.45) is 1.65. The van der Waals surface area contributed by atoms with Crippen molar-refractivity contribution >= 4 is 10.0 Å². The lowest BCUT2D eigenvalue weighted by Crippen LogP contribution is -2.48. The molecule has 0 radical (unpaired) electrons. The van der Waals surface area contributed by atoms with Gasteiger partial charge in [0.25, 0.3) is 0 Å². The number of hydrogen-bond donors (Lipinski definition) is 1. The molecule has 0 spiro atoms. The molecule has 1 N–H and O–H groups in total. The third-order valence-electron chi connectivity index (χ3n) is 2.71. The lowest BCUT2D eigenvalue weighted by Gasteiger charge is -2.34. The molecule has 1 unspecified atom stereocenters. The zero-order valence-corrected chi connectivity index (χ0v) is 9.63. The molecule has 1 fully saturated rings. The predicted octanol–water partition coefficient (Wildman–Crippen LogP) is 0.429. The first-order valence-electron chi connectivity index (χ1n) is 5.09. The Bertz CT molecular complexity index is 274. The second kappa shape index (κ2) is 4.59. The van der Waals surface area contributed by atoms with Gasteiger partial charge in [-0.15, -0.1) is 0 Å². The summed E-state index contributed by atoms with van der Waals surface area (Å²) < 4.78 is 24.9. The van der Waals surface area contributed by atoms with Crippen LogP contribution in [0.2, 0.25) is 0 Å². The highest BCUT2D eigenvalue weighted by Gasteiger charge is 2.33. The van der Waals surface area contributed by atoms with Gasteiger partial charge in [-0.25, -0.2) is 8.42 Å². The molecule has 1 saturated heterocycles. The highest BCUT2D eigenvalue weighted by atomic mass is 32.2. The second-order valence-electron chi connectivity index (χ2n) is 4.13. The largest absolute Gasteiger partial charge is 0.395 e. The van der Waals surface area contributed by atoms with Crippen LogP contribution in [0.4, 0.5) is 0 Å². The van der Waals surface area contributed by atoms with Crippen molar-refractivity contribution in [3.05, 3.63) is 0 Å². The molecule has 0 aliphatic carbocycles. The maximum absolute atomic E-state index is 11.7. The van der Waals surface area contributed by atoms with Gasteiger partial charge >= 0.3 is 0 Å². The Labute approximate surface area is 86.0 Å². The molecule has 1 rings (SSSR count). The summed E-state index contributed by atoms with van der Waals surface area (Å²) in [7, 11) is -3.11. The molecular weight excluding hydrogens is 202 g/mol. The van der Waals surface area contributed by atoms with Gasteiger partial charge in [0.15, 0.2) is 0 Å². The molecule has 0 saturated carbocycles. The number of nitrogens with zero attached hydrogens (tertiary/aromatic N) is 1. The molecule has 4 nitrogen and oxygen atoms in total. The fraction of sp³-hybridized carbons (Fsp3) is 1.00. The predicted molar refractivity (Wildman–Crippen MR) is 55.4 cm³/mol. The Kier molecular flexibility index (Phi) is 3.92. The lowest BCUT2D eigenvalue weighted by molar-refractivity contribution is 0.147. The summed E-state index contributed by atoms with van der Waals surface area (Å²) in [5.41, 5.74) is 0. The molecular formula is C9H19NO3S. The van der Waals surface area contributed by atoms with Crippen molar-refractivity contribution in [2.75, 3.05) is 18.9 Å². The molecule has 0 bridgehead atoms. The minimum absolute atomic E-state index is 0.0864.